The second-order valence-corrected chi connectivity index (χ2v) is 12.8. The van der Waals surface area contributed by atoms with Crippen LogP contribution in [0.1, 0.15) is 29.2 Å². The first kappa shape index (κ1) is 33.8. The summed E-state index contributed by atoms with van der Waals surface area (Å²) in [6.45, 7) is 0. The van der Waals surface area contributed by atoms with Gasteiger partial charge < -0.3 is 5.32 Å². The van der Waals surface area contributed by atoms with Gasteiger partial charge in [-0.15, -0.1) is 23.2 Å². The van der Waals surface area contributed by atoms with Gasteiger partial charge in [-0.2, -0.15) is 23.7 Å². The van der Waals surface area contributed by atoms with Gasteiger partial charge in [0.15, 0.2) is 9.84 Å². The van der Waals surface area contributed by atoms with Crippen LogP contribution in [0, 0.1) is 28.5 Å². The number of sulfone groups is 1. The lowest BCUT2D eigenvalue weighted by molar-refractivity contribution is -0.161. The third-order valence-corrected chi connectivity index (χ3v) is 7.85. The third kappa shape index (κ3) is 9.40. The van der Waals surface area contributed by atoms with Crippen molar-refractivity contribution in [2.45, 2.75) is 46.9 Å². The van der Waals surface area contributed by atoms with E-state index in [1.807, 2.05) is 0 Å². The zero-order valence-corrected chi connectivity index (χ0v) is 24.7. The van der Waals surface area contributed by atoms with Gasteiger partial charge in [0.2, 0.25) is 5.91 Å². The third-order valence-electron chi connectivity index (χ3n) is 6.36. The normalized spacial score (nSPS) is 13.9. The van der Waals surface area contributed by atoms with Crippen LogP contribution in [0.25, 0.3) is 11.1 Å². The highest BCUT2D eigenvalue weighted by atomic mass is 35.5. The van der Waals surface area contributed by atoms with Crippen LogP contribution in [-0.4, -0.2) is 43.7 Å². The molecular weight excluding hydrogens is 631 g/mol. The summed E-state index contributed by atoms with van der Waals surface area (Å²) >= 11 is 11.6. The van der Waals surface area contributed by atoms with Crippen LogP contribution in [0.5, 0.6) is 0 Å². The molecule has 0 aromatic heterocycles. The molecule has 0 radical (unpaired) electrons. The van der Waals surface area contributed by atoms with Crippen LogP contribution >= 0.6 is 23.2 Å². The molecule has 3 aromatic rings. The molecule has 226 valence electrons. The Labute approximate surface area is 256 Å². The van der Waals surface area contributed by atoms with E-state index in [9.17, 15) is 36.0 Å². The molecule has 3 atom stereocenters. The van der Waals surface area contributed by atoms with Gasteiger partial charge >= 0.3 is 6.18 Å². The van der Waals surface area contributed by atoms with Gasteiger partial charge in [0.25, 0.3) is 0 Å². The lowest BCUT2D eigenvalue weighted by atomic mass is 9.99. The van der Waals surface area contributed by atoms with Crippen LogP contribution in [0.3, 0.4) is 0 Å². The first-order valence-corrected chi connectivity index (χ1v) is 15.3. The fourth-order valence-electron chi connectivity index (χ4n) is 4.18. The molecule has 0 saturated heterocycles. The van der Waals surface area contributed by atoms with E-state index in [0.29, 0.717) is 11.1 Å². The maximum absolute atomic E-state index is 14.3. The molecule has 43 heavy (non-hydrogen) atoms. The van der Waals surface area contributed by atoms with Crippen LogP contribution in [-0.2, 0) is 21.1 Å². The number of carbonyl (C=O) groups is 1. The topological polar surface area (TPSA) is 123 Å². The summed E-state index contributed by atoms with van der Waals surface area (Å²) in [5.41, 5.74) is 0.920. The van der Waals surface area contributed by atoms with Crippen molar-refractivity contribution in [3.05, 3.63) is 89.2 Å². The van der Waals surface area contributed by atoms with Crippen LogP contribution < -0.4 is 10.6 Å². The Bertz CT molecular complexity index is 1640. The van der Waals surface area contributed by atoms with Gasteiger partial charge in [-0.3, -0.25) is 10.1 Å². The molecule has 1 unspecified atom stereocenters. The minimum absolute atomic E-state index is 0.0159. The maximum atomic E-state index is 14.3. The van der Waals surface area contributed by atoms with E-state index in [1.54, 1.807) is 12.1 Å². The molecule has 7 nitrogen and oxygen atoms in total. The predicted octanol–water partition coefficient (Wildman–Crippen LogP) is 5.77. The Hall–Kier alpha value is -3.68. The number of amides is 1. The molecule has 0 bridgehead atoms. The quantitative estimate of drug-likeness (QED) is 0.200. The van der Waals surface area contributed by atoms with E-state index in [-0.39, 0.29) is 28.0 Å². The van der Waals surface area contributed by atoms with Crippen molar-refractivity contribution in [3.8, 4) is 23.3 Å². The van der Waals surface area contributed by atoms with Gasteiger partial charge in [0.05, 0.1) is 28.6 Å². The molecule has 0 heterocycles. The van der Waals surface area contributed by atoms with Gasteiger partial charge in [0, 0.05) is 19.1 Å². The van der Waals surface area contributed by atoms with Gasteiger partial charge in [-0.1, -0.05) is 42.5 Å². The number of rotatable bonds is 11. The maximum Gasteiger partial charge on any atom is 0.407 e. The number of benzene rings is 3. The van der Waals surface area contributed by atoms with Crippen molar-refractivity contribution in [1.29, 1.82) is 10.5 Å². The number of hydrogen-bond donors (Lipinski definition) is 2. The molecule has 0 saturated carbocycles. The molecule has 3 rings (SSSR count). The van der Waals surface area contributed by atoms with Crippen molar-refractivity contribution in [2.75, 3.05) is 6.26 Å². The first-order chi connectivity index (χ1) is 20.1. The fraction of sp³-hybridized carbons (Fsp3) is 0.276. The highest BCUT2D eigenvalue weighted by Crippen LogP contribution is 2.35. The molecule has 0 aliphatic rings. The summed E-state index contributed by atoms with van der Waals surface area (Å²) in [4.78, 5) is 11.9. The lowest BCUT2D eigenvalue weighted by Crippen LogP contribution is -2.52. The number of halogens is 6. The monoisotopic (exact) mass is 654 g/mol. The average molecular weight is 656 g/mol. The van der Waals surface area contributed by atoms with Gasteiger partial charge in [-0.25, -0.2) is 12.8 Å². The molecule has 2 N–H and O–H groups in total. The minimum atomic E-state index is -4.87. The first-order valence-electron chi connectivity index (χ1n) is 12.5. The molecule has 0 aliphatic heterocycles. The summed E-state index contributed by atoms with van der Waals surface area (Å²) in [6.07, 6.45) is -4.57. The summed E-state index contributed by atoms with van der Waals surface area (Å²) in [5.74, 6) is -1.79. The zero-order chi connectivity index (χ0) is 31.9. The molecule has 0 spiro atoms. The molecule has 1 amide bonds. The Morgan fingerprint density at radius 1 is 0.977 bits per heavy atom. The van der Waals surface area contributed by atoms with E-state index in [2.05, 4.69) is 10.6 Å². The van der Waals surface area contributed by atoms with Crippen molar-refractivity contribution in [2.24, 2.45) is 0 Å². The molecule has 0 aliphatic carbocycles. The summed E-state index contributed by atoms with van der Waals surface area (Å²) in [6, 6.07) is 13.0. The van der Waals surface area contributed by atoms with Crippen LogP contribution in [0.15, 0.2) is 71.6 Å². The van der Waals surface area contributed by atoms with Crippen molar-refractivity contribution >= 4 is 38.9 Å². The highest BCUT2D eigenvalue weighted by Gasteiger charge is 2.43. The Balaban J connectivity index is 1.82. The average Bonchev–Trinajstić information content (AvgIpc) is 2.94. The van der Waals surface area contributed by atoms with E-state index < -0.39 is 57.1 Å². The number of nitrogens with one attached hydrogen (secondary N) is 2. The molecular formula is C29H24Cl2F4N4O3S. The Morgan fingerprint density at radius 3 is 2.02 bits per heavy atom. The molecule has 3 aromatic carbocycles. The Morgan fingerprint density at radius 2 is 1.56 bits per heavy atom. The van der Waals surface area contributed by atoms with Gasteiger partial charge in [0.1, 0.15) is 22.7 Å². The lowest BCUT2D eigenvalue weighted by Gasteiger charge is -2.28. The number of alkyl halides is 5. The SMILES string of the molecule is CS(=O)(=O)c1ccc(-c2ccc([C@H](N[C@@H](CC(Cl)Cl)C(=O)NC(C#N)Cc3ccc(C#N)cc3F)C(F)(F)F)cc2)cc1. The minimum Gasteiger partial charge on any atom is -0.339 e. The van der Waals surface area contributed by atoms with Crippen molar-refractivity contribution in [1.82, 2.24) is 10.6 Å². The van der Waals surface area contributed by atoms with E-state index in [4.69, 9.17) is 28.5 Å². The van der Waals surface area contributed by atoms with Crippen molar-refractivity contribution in [3.63, 3.8) is 0 Å². The van der Waals surface area contributed by atoms with E-state index >= 15 is 0 Å². The summed E-state index contributed by atoms with van der Waals surface area (Å²) in [5, 5.41) is 23.0. The van der Waals surface area contributed by atoms with Gasteiger partial charge in [-0.05, 0) is 46.5 Å². The fourth-order valence-corrected chi connectivity index (χ4v) is 5.16. The molecule has 14 heteroatoms. The van der Waals surface area contributed by atoms with Crippen LogP contribution in [0.2, 0.25) is 0 Å². The zero-order valence-electron chi connectivity index (χ0n) is 22.4. The second kappa shape index (κ2) is 14.2. The summed E-state index contributed by atoms with van der Waals surface area (Å²) in [7, 11) is -3.42. The number of nitriles is 2. The summed E-state index contributed by atoms with van der Waals surface area (Å²) < 4.78 is 80.4. The van der Waals surface area contributed by atoms with Crippen LogP contribution in [0.4, 0.5) is 17.6 Å². The Kier molecular flexibility index (Phi) is 11.2. The van der Waals surface area contributed by atoms with E-state index in [0.717, 1.165) is 12.3 Å². The smallest absolute Gasteiger partial charge is 0.339 e. The number of hydrogen-bond acceptors (Lipinski definition) is 6. The predicted molar refractivity (Wildman–Crippen MR) is 153 cm³/mol. The second-order valence-electron chi connectivity index (χ2n) is 9.55. The largest absolute Gasteiger partial charge is 0.407 e. The highest BCUT2D eigenvalue weighted by molar-refractivity contribution is 7.90. The number of nitrogens with zero attached hydrogens (tertiary/aromatic N) is 2. The standard InChI is InChI=1S/C29H24Cl2F4N4O3S/c1-43(41,42)23-10-8-19(9-11-23)18-4-6-20(7-5-18)27(29(33,34)35)39-25(14-26(30)31)28(40)38-22(16-37)13-21-3-2-17(15-36)12-24(21)32/h2-12,22,25-27,39H,13-14H2,1H3,(H,38,40)/t22?,25-,27-/m0/s1. The van der Waals surface area contributed by atoms with E-state index in [1.165, 1.54) is 60.7 Å². The molecule has 0 fully saturated rings. The van der Waals surface area contributed by atoms with Crippen molar-refractivity contribution < 1.29 is 30.8 Å². The number of carbonyl (C=O) groups excluding carboxylic acids is 1.